The Hall–Kier alpha value is -1.69. The Bertz CT molecular complexity index is 687. The third kappa shape index (κ3) is 1.87. The van der Waals surface area contributed by atoms with Gasteiger partial charge in [0, 0.05) is 19.0 Å². The average molecular weight is 261 g/mol. The summed E-state index contributed by atoms with van der Waals surface area (Å²) >= 11 is 0. The summed E-state index contributed by atoms with van der Waals surface area (Å²) in [5.74, 6) is 1.07. The van der Waals surface area contributed by atoms with Gasteiger partial charge in [-0.05, 0) is 27.7 Å². The van der Waals surface area contributed by atoms with Crippen LogP contribution in [0.5, 0.6) is 0 Å². The van der Waals surface area contributed by atoms with Gasteiger partial charge in [-0.25, -0.2) is 9.67 Å². The Balaban J connectivity index is 2.29. The molecule has 1 fully saturated rings. The Labute approximate surface area is 111 Å². The molecular formula is C13H19N5O. The standard InChI is InChI=1S/C13H19N5O/c1-7-9-11(18(17-7)13(2,3)4)15-10(16-12(9)19)8-5-14-6-8/h8,14H,5-6H2,1-4H3,(H,15,16,19). The lowest BCUT2D eigenvalue weighted by Crippen LogP contribution is -2.41. The number of nitrogens with one attached hydrogen (secondary N) is 2. The fraction of sp³-hybridized carbons (Fsp3) is 0.615. The monoisotopic (exact) mass is 261 g/mol. The molecule has 0 spiro atoms. The minimum absolute atomic E-state index is 0.0834. The number of aromatic amines is 1. The normalized spacial score (nSPS) is 16.8. The van der Waals surface area contributed by atoms with Gasteiger partial charge in [-0.1, -0.05) is 0 Å². The topological polar surface area (TPSA) is 75.6 Å². The zero-order valence-corrected chi connectivity index (χ0v) is 11.7. The molecule has 2 aromatic rings. The largest absolute Gasteiger partial charge is 0.315 e. The smallest absolute Gasteiger partial charge is 0.262 e. The molecule has 3 heterocycles. The maximum absolute atomic E-state index is 12.2. The molecule has 0 bridgehead atoms. The highest BCUT2D eigenvalue weighted by Gasteiger charge is 2.26. The van der Waals surface area contributed by atoms with E-state index in [0.717, 1.165) is 24.6 Å². The first kappa shape index (κ1) is 12.3. The SMILES string of the molecule is Cc1nn(C(C)(C)C)c2nc(C3CNC3)[nH]c(=O)c12. The fourth-order valence-corrected chi connectivity index (χ4v) is 2.35. The Morgan fingerprint density at radius 1 is 1.32 bits per heavy atom. The number of nitrogens with zero attached hydrogens (tertiary/aromatic N) is 3. The van der Waals surface area contributed by atoms with E-state index in [1.165, 1.54) is 0 Å². The van der Waals surface area contributed by atoms with Gasteiger partial charge in [0.05, 0.1) is 11.2 Å². The van der Waals surface area contributed by atoms with Gasteiger partial charge >= 0.3 is 0 Å². The zero-order chi connectivity index (χ0) is 13.8. The number of aryl methyl sites for hydroxylation is 1. The van der Waals surface area contributed by atoms with E-state index in [0.29, 0.717) is 17.0 Å². The molecule has 0 aromatic carbocycles. The van der Waals surface area contributed by atoms with Gasteiger partial charge in [-0.15, -0.1) is 0 Å². The van der Waals surface area contributed by atoms with Crippen molar-refractivity contribution in [3.8, 4) is 0 Å². The molecule has 6 heteroatoms. The van der Waals surface area contributed by atoms with E-state index in [9.17, 15) is 4.79 Å². The molecule has 2 aromatic heterocycles. The van der Waals surface area contributed by atoms with E-state index in [2.05, 4.69) is 41.2 Å². The number of fused-ring (bicyclic) bond motifs is 1. The minimum atomic E-state index is -0.192. The first-order chi connectivity index (χ1) is 8.88. The summed E-state index contributed by atoms with van der Waals surface area (Å²) in [6.07, 6.45) is 0. The van der Waals surface area contributed by atoms with E-state index in [4.69, 9.17) is 0 Å². The van der Waals surface area contributed by atoms with Gasteiger partial charge in [0.2, 0.25) is 0 Å². The molecule has 1 saturated heterocycles. The van der Waals surface area contributed by atoms with Crippen LogP contribution in [-0.4, -0.2) is 32.8 Å². The second-order valence-corrected chi connectivity index (χ2v) is 6.17. The predicted octanol–water partition coefficient (Wildman–Crippen LogP) is 0.870. The lowest BCUT2D eigenvalue weighted by atomic mass is 10.0. The lowest BCUT2D eigenvalue weighted by molar-refractivity contribution is 0.363. The first-order valence-corrected chi connectivity index (χ1v) is 6.58. The number of hydrogen-bond donors (Lipinski definition) is 2. The second kappa shape index (κ2) is 3.90. The van der Waals surface area contributed by atoms with Gasteiger partial charge in [0.25, 0.3) is 5.56 Å². The van der Waals surface area contributed by atoms with Gasteiger partial charge in [-0.3, -0.25) is 4.79 Å². The Morgan fingerprint density at radius 3 is 2.53 bits per heavy atom. The van der Waals surface area contributed by atoms with Crippen LogP contribution >= 0.6 is 0 Å². The summed E-state index contributed by atoms with van der Waals surface area (Å²) in [4.78, 5) is 19.8. The average Bonchev–Trinajstić information content (AvgIpc) is 2.53. The van der Waals surface area contributed by atoms with Crippen molar-refractivity contribution in [2.24, 2.45) is 0 Å². The maximum atomic E-state index is 12.2. The number of H-pyrrole nitrogens is 1. The highest BCUT2D eigenvalue weighted by atomic mass is 16.1. The van der Waals surface area contributed by atoms with E-state index in [-0.39, 0.29) is 11.1 Å². The summed E-state index contributed by atoms with van der Waals surface area (Å²) in [5.41, 5.74) is 1.15. The van der Waals surface area contributed by atoms with Crippen LogP contribution in [0.4, 0.5) is 0 Å². The van der Waals surface area contributed by atoms with Crippen molar-refractivity contribution < 1.29 is 0 Å². The van der Waals surface area contributed by atoms with E-state index in [1.807, 2.05) is 11.6 Å². The van der Waals surface area contributed by atoms with Crippen molar-refractivity contribution in [2.75, 3.05) is 13.1 Å². The lowest BCUT2D eigenvalue weighted by Gasteiger charge is -2.26. The number of aromatic nitrogens is 4. The third-order valence-electron chi connectivity index (χ3n) is 3.53. The van der Waals surface area contributed by atoms with Crippen LogP contribution in [0.15, 0.2) is 4.79 Å². The van der Waals surface area contributed by atoms with Gasteiger partial charge < -0.3 is 10.3 Å². The van der Waals surface area contributed by atoms with Crippen LogP contribution in [0.2, 0.25) is 0 Å². The van der Waals surface area contributed by atoms with Crippen LogP contribution in [0.25, 0.3) is 11.0 Å². The first-order valence-electron chi connectivity index (χ1n) is 6.58. The number of hydrogen-bond acceptors (Lipinski definition) is 4. The molecule has 0 atom stereocenters. The molecule has 1 aliphatic rings. The summed E-state index contributed by atoms with van der Waals surface area (Å²) in [6, 6.07) is 0. The van der Waals surface area contributed by atoms with Crippen molar-refractivity contribution >= 4 is 11.0 Å². The quantitative estimate of drug-likeness (QED) is 0.798. The summed E-state index contributed by atoms with van der Waals surface area (Å²) in [5, 5.41) is 8.28. The molecule has 1 aliphatic heterocycles. The molecule has 0 unspecified atom stereocenters. The van der Waals surface area contributed by atoms with Crippen molar-refractivity contribution in [1.82, 2.24) is 25.1 Å². The van der Waals surface area contributed by atoms with Gasteiger partial charge in [0.15, 0.2) is 5.65 Å². The molecule has 0 amide bonds. The molecule has 0 aliphatic carbocycles. The molecule has 19 heavy (non-hydrogen) atoms. The zero-order valence-electron chi connectivity index (χ0n) is 11.7. The summed E-state index contributed by atoms with van der Waals surface area (Å²) < 4.78 is 1.85. The highest BCUT2D eigenvalue weighted by Crippen LogP contribution is 2.23. The predicted molar refractivity (Wildman–Crippen MR) is 73.5 cm³/mol. The molecular weight excluding hydrogens is 242 g/mol. The molecule has 0 saturated carbocycles. The molecule has 3 rings (SSSR count). The number of rotatable bonds is 1. The highest BCUT2D eigenvalue weighted by molar-refractivity contribution is 5.77. The minimum Gasteiger partial charge on any atom is -0.315 e. The third-order valence-corrected chi connectivity index (χ3v) is 3.53. The van der Waals surface area contributed by atoms with Crippen LogP contribution in [0, 0.1) is 6.92 Å². The van der Waals surface area contributed by atoms with Crippen molar-refractivity contribution in [1.29, 1.82) is 0 Å². The van der Waals surface area contributed by atoms with Gasteiger partial charge in [0.1, 0.15) is 11.2 Å². The Kier molecular flexibility index (Phi) is 2.53. The van der Waals surface area contributed by atoms with Crippen LogP contribution in [-0.2, 0) is 5.54 Å². The van der Waals surface area contributed by atoms with Crippen LogP contribution in [0.1, 0.15) is 38.2 Å². The van der Waals surface area contributed by atoms with Crippen LogP contribution in [0.3, 0.4) is 0 Å². The maximum Gasteiger partial charge on any atom is 0.262 e. The molecule has 2 N–H and O–H groups in total. The molecule has 102 valence electrons. The van der Waals surface area contributed by atoms with E-state index in [1.54, 1.807) is 0 Å². The molecule has 0 radical (unpaired) electrons. The van der Waals surface area contributed by atoms with E-state index >= 15 is 0 Å². The summed E-state index contributed by atoms with van der Waals surface area (Å²) in [7, 11) is 0. The van der Waals surface area contributed by atoms with Gasteiger partial charge in [-0.2, -0.15) is 5.10 Å². The van der Waals surface area contributed by atoms with Crippen LogP contribution < -0.4 is 10.9 Å². The van der Waals surface area contributed by atoms with E-state index < -0.39 is 0 Å². The molecule has 6 nitrogen and oxygen atoms in total. The summed E-state index contributed by atoms with van der Waals surface area (Å²) in [6.45, 7) is 9.78. The van der Waals surface area contributed by atoms with Crippen molar-refractivity contribution in [2.45, 2.75) is 39.2 Å². The van der Waals surface area contributed by atoms with Crippen molar-refractivity contribution in [3.05, 3.63) is 21.9 Å². The van der Waals surface area contributed by atoms with Crippen molar-refractivity contribution in [3.63, 3.8) is 0 Å². The Morgan fingerprint density at radius 2 is 2.00 bits per heavy atom. The second-order valence-electron chi connectivity index (χ2n) is 6.17. The fourth-order valence-electron chi connectivity index (χ4n) is 2.35.